The van der Waals surface area contributed by atoms with Crippen molar-refractivity contribution in [2.24, 2.45) is 5.92 Å². The Labute approximate surface area is 130 Å². The van der Waals surface area contributed by atoms with Gasteiger partial charge in [0.2, 0.25) is 5.91 Å². The van der Waals surface area contributed by atoms with Crippen LogP contribution in [-0.2, 0) is 11.3 Å². The molecule has 2 rings (SSSR count). The Morgan fingerprint density at radius 1 is 1.38 bits per heavy atom. The molecule has 1 aromatic heterocycles. The van der Waals surface area contributed by atoms with E-state index in [-0.39, 0.29) is 12.5 Å². The van der Waals surface area contributed by atoms with Crippen molar-refractivity contribution in [2.75, 3.05) is 6.61 Å². The molecule has 1 heterocycles. The van der Waals surface area contributed by atoms with Crippen LogP contribution >= 0.6 is 11.3 Å². The maximum atomic E-state index is 11.9. The second-order valence-corrected chi connectivity index (χ2v) is 6.56. The van der Waals surface area contributed by atoms with E-state index in [1.165, 1.54) is 32.1 Å². The van der Waals surface area contributed by atoms with Gasteiger partial charge >= 0.3 is 0 Å². The van der Waals surface area contributed by atoms with Gasteiger partial charge in [0.1, 0.15) is 0 Å². The molecule has 4 heteroatoms. The van der Waals surface area contributed by atoms with Gasteiger partial charge in [-0.1, -0.05) is 31.1 Å². The Morgan fingerprint density at radius 2 is 2.19 bits per heavy atom. The second kappa shape index (κ2) is 8.86. The Bertz CT molecular complexity index is 506. The van der Waals surface area contributed by atoms with Gasteiger partial charge in [-0.2, -0.15) is 0 Å². The van der Waals surface area contributed by atoms with Gasteiger partial charge in [-0.3, -0.25) is 4.79 Å². The minimum Gasteiger partial charge on any atom is -0.395 e. The summed E-state index contributed by atoms with van der Waals surface area (Å²) in [5.41, 5.74) is 0.963. The molecule has 114 valence electrons. The van der Waals surface area contributed by atoms with Crippen LogP contribution in [0.5, 0.6) is 0 Å². The molecule has 0 spiro atoms. The monoisotopic (exact) mass is 305 g/mol. The first kappa shape index (κ1) is 16.1. The molecular weight excluding hydrogens is 282 g/mol. The van der Waals surface area contributed by atoms with E-state index in [1.807, 2.05) is 11.4 Å². The summed E-state index contributed by atoms with van der Waals surface area (Å²) in [4.78, 5) is 13.1. The van der Waals surface area contributed by atoms with E-state index in [0.717, 1.165) is 10.4 Å². The molecule has 21 heavy (non-hydrogen) atoms. The van der Waals surface area contributed by atoms with Crippen molar-refractivity contribution in [3.05, 3.63) is 21.9 Å². The van der Waals surface area contributed by atoms with E-state index < -0.39 is 0 Å². The van der Waals surface area contributed by atoms with Crippen molar-refractivity contribution < 1.29 is 9.90 Å². The highest BCUT2D eigenvalue weighted by atomic mass is 32.1. The van der Waals surface area contributed by atoms with Gasteiger partial charge in [0.05, 0.1) is 13.2 Å². The Morgan fingerprint density at radius 3 is 2.95 bits per heavy atom. The molecule has 0 saturated heterocycles. The molecule has 1 fully saturated rings. The molecule has 1 amide bonds. The van der Waals surface area contributed by atoms with Crippen molar-refractivity contribution in [1.82, 2.24) is 5.32 Å². The molecule has 0 atom stereocenters. The Hall–Kier alpha value is -1.31. The highest BCUT2D eigenvalue weighted by molar-refractivity contribution is 7.10. The Balaban J connectivity index is 1.72. The summed E-state index contributed by atoms with van der Waals surface area (Å²) in [6, 6.07) is 2.01. The van der Waals surface area contributed by atoms with Crippen molar-refractivity contribution in [2.45, 2.75) is 51.5 Å². The van der Waals surface area contributed by atoms with E-state index in [0.29, 0.717) is 25.3 Å². The van der Waals surface area contributed by atoms with Crippen molar-refractivity contribution >= 4 is 17.2 Å². The fourth-order valence-corrected chi connectivity index (χ4v) is 3.43. The standard InChI is InChI=1S/C17H23NO2S/c19-9-5-4-8-15-10-16(21-13-15)12-18-17(20)11-14-6-2-1-3-7-14/h10,13-14,19H,1-3,5-7,9,11-12H2,(H,18,20). The highest BCUT2D eigenvalue weighted by Gasteiger charge is 2.16. The van der Waals surface area contributed by atoms with Crippen LogP contribution in [0.4, 0.5) is 0 Å². The van der Waals surface area contributed by atoms with E-state index in [1.54, 1.807) is 11.3 Å². The molecule has 1 aliphatic rings. The fourth-order valence-electron chi connectivity index (χ4n) is 2.67. The fraction of sp³-hybridized carbons (Fsp3) is 0.588. The van der Waals surface area contributed by atoms with E-state index in [4.69, 9.17) is 5.11 Å². The van der Waals surface area contributed by atoms with Crippen LogP contribution in [0, 0.1) is 17.8 Å². The van der Waals surface area contributed by atoms with Gasteiger partial charge in [0, 0.05) is 28.7 Å². The summed E-state index contributed by atoms with van der Waals surface area (Å²) < 4.78 is 0. The zero-order valence-corrected chi connectivity index (χ0v) is 13.2. The number of thiophene rings is 1. The zero-order chi connectivity index (χ0) is 14.9. The minimum absolute atomic E-state index is 0.0984. The smallest absolute Gasteiger partial charge is 0.220 e. The number of carbonyl (C=O) groups excluding carboxylic acids is 1. The maximum Gasteiger partial charge on any atom is 0.220 e. The number of hydrogen-bond donors (Lipinski definition) is 2. The lowest BCUT2D eigenvalue weighted by molar-refractivity contribution is -0.122. The number of amides is 1. The van der Waals surface area contributed by atoms with Gasteiger partial charge in [0.15, 0.2) is 0 Å². The molecule has 0 radical (unpaired) electrons. The maximum absolute atomic E-state index is 11.9. The minimum atomic E-state index is 0.0984. The SMILES string of the molecule is O=C(CC1CCCCC1)NCc1cc(C#CCCO)cs1. The van der Waals surface area contributed by atoms with Crippen LogP contribution in [-0.4, -0.2) is 17.6 Å². The number of carbonyl (C=O) groups is 1. The highest BCUT2D eigenvalue weighted by Crippen LogP contribution is 2.26. The van der Waals surface area contributed by atoms with Crippen LogP contribution in [0.25, 0.3) is 0 Å². The van der Waals surface area contributed by atoms with E-state index in [9.17, 15) is 4.79 Å². The summed E-state index contributed by atoms with van der Waals surface area (Å²) >= 11 is 1.62. The molecule has 0 unspecified atom stereocenters. The number of hydrogen-bond acceptors (Lipinski definition) is 3. The average Bonchev–Trinajstić information content (AvgIpc) is 2.94. The number of aliphatic hydroxyl groups excluding tert-OH is 1. The molecule has 1 aliphatic carbocycles. The number of rotatable bonds is 5. The number of aliphatic hydroxyl groups is 1. The molecule has 0 aliphatic heterocycles. The molecule has 1 saturated carbocycles. The van der Waals surface area contributed by atoms with Crippen molar-refractivity contribution in [1.29, 1.82) is 0 Å². The third-order valence-corrected chi connectivity index (χ3v) is 4.72. The normalized spacial score (nSPS) is 15.3. The first-order valence-corrected chi connectivity index (χ1v) is 8.59. The summed E-state index contributed by atoms with van der Waals surface area (Å²) in [6.45, 7) is 0.694. The molecule has 1 aromatic rings. The van der Waals surface area contributed by atoms with Crippen molar-refractivity contribution in [3.8, 4) is 11.8 Å². The molecule has 0 aromatic carbocycles. The van der Waals surface area contributed by atoms with Crippen LogP contribution in [0.2, 0.25) is 0 Å². The first-order chi connectivity index (χ1) is 10.3. The third kappa shape index (κ3) is 5.91. The first-order valence-electron chi connectivity index (χ1n) is 7.72. The topological polar surface area (TPSA) is 49.3 Å². The lowest BCUT2D eigenvalue weighted by atomic mass is 9.87. The lowest BCUT2D eigenvalue weighted by Crippen LogP contribution is -2.25. The van der Waals surface area contributed by atoms with Crippen LogP contribution in [0.3, 0.4) is 0 Å². The Kier molecular flexibility index (Phi) is 6.78. The summed E-state index contributed by atoms with van der Waals surface area (Å²) in [7, 11) is 0. The average molecular weight is 305 g/mol. The predicted octanol–water partition coefficient (Wildman–Crippen LogP) is 3.07. The van der Waals surface area contributed by atoms with Crippen LogP contribution < -0.4 is 5.32 Å². The summed E-state index contributed by atoms with van der Waals surface area (Å²) in [6.07, 6.45) is 7.47. The number of nitrogens with one attached hydrogen (secondary N) is 1. The second-order valence-electron chi connectivity index (χ2n) is 5.56. The van der Waals surface area contributed by atoms with E-state index >= 15 is 0 Å². The quantitative estimate of drug-likeness (QED) is 0.821. The zero-order valence-electron chi connectivity index (χ0n) is 12.4. The molecule has 3 nitrogen and oxygen atoms in total. The largest absolute Gasteiger partial charge is 0.395 e. The summed E-state index contributed by atoms with van der Waals surface area (Å²) in [5.74, 6) is 6.66. The van der Waals surface area contributed by atoms with Gasteiger partial charge in [0.25, 0.3) is 0 Å². The van der Waals surface area contributed by atoms with Gasteiger partial charge in [-0.05, 0) is 24.8 Å². The van der Waals surface area contributed by atoms with E-state index in [2.05, 4.69) is 17.2 Å². The van der Waals surface area contributed by atoms with Gasteiger partial charge in [-0.25, -0.2) is 0 Å². The predicted molar refractivity (Wildman–Crippen MR) is 85.9 cm³/mol. The summed E-state index contributed by atoms with van der Waals surface area (Å²) in [5, 5.41) is 13.7. The third-order valence-electron chi connectivity index (χ3n) is 3.78. The van der Waals surface area contributed by atoms with Gasteiger partial charge < -0.3 is 10.4 Å². The van der Waals surface area contributed by atoms with Gasteiger partial charge in [-0.15, -0.1) is 11.3 Å². The lowest BCUT2D eigenvalue weighted by Gasteiger charge is -2.20. The van der Waals surface area contributed by atoms with Crippen molar-refractivity contribution in [3.63, 3.8) is 0 Å². The molecule has 2 N–H and O–H groups in total. The van der Waals surface area contributed by atoms with Crippen LogP contribution in [0.15, 0.2) is 11.4 Å². The molecular formula is C17H23NO2S. The van der Waals surface area contributed by atoms with Crippen LogP contribution in [0.1, 0.15) is 55.4 Å². The molecule has 0 bridgehead atoms.